The molecule has 2 heterocycles. The van der Waals surface area contributed by atoms with Gasteiger partial charge in [0, 0.05) is 25.1 Å². The number of hydrogen-bond donors (Lipinski definition) is 1. The van der Waals surface area contributed by atoms with E-state index in [2.05, 4.69) is 20.0 Å². The van der Waals surface area contributed by atoms with E-state index in [0.29, 0.717) is 0 Å². The highest BCUT2D eigenvalue weighted by Crippen LogP contribution is 2.23. The lowest BCUT2D eigenvalue weighted by Gasteiger charge is -2.09. The Hall–Kier alpha value is -2.28. The van der Waals surface area contributed by atoms with Crippen molar-refractivity contribution in [3.8, 4) is 5.88 Å². The zero-order valence-corrected chi connectivity index (χ0v) is 12.3. The van der Waals surface area contributed by atoms with E-state index < -0.39 is 18.4 Å². The standard InChI is InChI=1S/C14H12ClF2N3O2/c1-8-2-3-18-5-10(8)7-19-12(21)9-4-11(15)13(20-6-9)22-14(16)17/h2-6,14H,7H2,1H3,(H,19,21). The smallest absolute Gasteiger partial charge is 0.388 e. The van der Waals surface area contributed by atoms with Gasteiger partial charge in [0.15, 0.2) is 0 Å². The summed E-state index contributed by atoms with van der Waals surface area (Å²) in [4.78, 5) is 19.6. The van der Waals surface area contributed by atoms with Gasteiger partial charge in [-0.25, -0.2) is 4.98 Å². The monoisotopic (exact) mass is 327 g/mol. The molecule has 0 spiro atoms. The molecule has 0 unspecified atom stereocenters. The molecule has 0 radical (unpaired) electrons. The van der Waals surface area contributed by atoms with Crippen molar-refractivity contribution in [3.05, 3.63) is 52.4 Å². The lowest BCUT2D eigenvalue weighted by molar-refractivity contribution is -0.0527. The molecule has 0 fully saturated rings. The van der Waals surface area contributed by atoms with Crippen LogP contribution in [0.25, 0.3) is 0 Å². The van der Waals surface area contributed by atoms with Gasteiger partial charge >= 0.3 is 6.61 Å². The van der Waals surface area contributed by atoms with Crippen molar-refractivity contribution in [2.75, 3.05) is 0 Å². The van der Waals surface area contributed by atoms with Crippen LogP contribution >= 0.6 is 11.6 Å². The number of halogens is 3. The predicted octanol–water partition coefficient (Wildman–Crippen LogP) is 2.97. The number of nitrogens with zero attached hydrogens (tertiary/aromatic N) is 2. The lowest BCUT2D eigenvalue weighted by atomic mass is 10.1. The number of aryl methyl sites for hydroxylation is 1. The van der Waals surface area contributed by atoms with Crippen LogP contribution in [-0.4, -0.2) is 22.5 Å². The summed E-state index contributed by atoms with van der Waals surface area (Å²) in [6, 6.07) is 3.05. The number of rotatable bonds is 5. The number of carbonyl (C=O) groups is 1. The van der Waals surface area contributed by atoms with Gasteiger partial charge in [-0.1, -0.05) is 11.6 Å². The molecule has 22 heavy (non-hydrogen) atoms. The Kier molecular flexibility index (Phi) is 5.21. The summed E-state index contributed by atoms with van der Waals surface area (Å²) in [7, 11) is 0. The summed E-state index contributed by atoms with van der Waals surface area (Å²) in [6.45, 7) is -0.845. The molecular formula is C14H12ClF2N3O2. The number of amides is 1. The molecule has 0 aliphatic carbocycles. The Labute approximate surface area is 130 Å². The van der Waals surface area contributed by atoms with Crippen LogP contribution in [-0.2, 0) is 6.54 Å². The van der Waals surface area contributed by atoms with Crippen LogP contribution in [0.5, 0.6) is 5.88 Å². The molecule has 2 rings (SSSR count). The first-order valence-electron chi connectivity index (χ1n) is 6.25. The molecule has 1 N–H and O–H groups in total. The highest BCUT2D eigenvalue weighted by molar-refractivity contribution is 6.32. The Balaban J connectivity index is 2.04. The first-order chi connectivity index (χ1) is 10.5. The second-order valence-electron chi connectivity index (χ2n) is 4.37. The molecule has 0 atom stereocenters. The Morgan fingerprint density at radius 3 is 2.86 bits per heavy atom. The number of hydrogen-bond acceptors (Lipinski definition) is 4. The molecule has 8 heteroatoms. The largest absolute Gasteiger partial charge is 0.415 e. The Bertz CT molecular complexity index is 683. The molecule has 0 saturated carbocycles. The number of aromatic nitrogens is 2. The molecule has 2 aromatic rings. The number of ether oxygens (including phenoxy) is 1. The number of alkyl halides is 2. The SMILES string of the molecule is Cc1ccncc1CNC(=O)c1cnc(OC(F)F)c(Cl)c1. The molecule has 0 aliphatic heterocycles. The van der Waals surface area contributed by atoms with Crippen LogP contribution in [0.3, 0.4) is 0 Å². The van der Waals surface area contributed by atoms with Gasteiger partial charge in [0.2, 0.25) is 5.88 Å². The van der Waals surface area contributed by atoms with Crippen molar-refractivity contribution in [2.45, 2.75) is 20.1 Å². The average molecular weight is 328 g/mol. The minimum atomic E-state index is -3.03. The predicted molar refractivity (Wildman–Crippen MR) is 76.0 cm³/mol. The van der Waals surface area contributed by atoms with Crippen molar-refractivity contribution in [3.63, 3.8) is 0 Å². The molecule has 0 bridgehead atoms. The van der Waals surface area contributed by atoms with E-state index >= 15 is 0 Å². The number of pyridine rings is 2. The Morgan fingerprint density at radius 1 is 1.45 bits per heavy atom. The molecule has 0 aliphatic rings. The average Bonchev–Trinajstić information content (AvgIpc) is 2.48. The van der Waals surface area contributed by atoms with Gasteiger partial charge in [-0.05, 0) is 30.2 Å². The van der Waals surface area contributed by atoms with Crippen molar-refractivity contribution in [1.29, 1.82) is 0 Å². The third-order valence-electron chi connectivity index (χ3n) is 2.86. The maximum atomic E-state index is 12.1. The second-order valence-corrected chi connectivity index (χ2v) is 4.78. The van der Waals surface area contributed by atoms with Crippen LogP contribution in [0.4, 0.5) is 8.78 Å². The minimum absolute atomic E-state index is 0.146. The fourth-order valence-electron chi connectivity index (χ4n) is 1.68. The van der Waals surface area contributed by atoms with Gasteiger partial charge in [-0.2, -0.15) is 8.78 Å². The fourth-order valence-corrected chi connectivity index (χ4v) is 1.89. The zero-order chi connectivity index (χ0) is 16.1. The van der Waals surface area contributed by atoms with Crippen LogP contribution in [0, 0.1) is 6.92 Å². The zero-order valence-electron chi connectivity index (χ0n) is 11.5. The third kappa shape index (κ3) is 4.11. The normalized spacial score (nSPS) is 10.6. The number of nitrogens with one attached hydrogen (secondary N) is 1. The highest BCUT2D eigenvalue weighted by atomic mass is 35.5. The summed E-state index contributed by atoms with van der Waals surface area (Å²) in [5, 5.41) is 2.52. The molecule has 0 aromatic carbocycles. The van der Waals surface area contributed by atoms with Gasteiger partial charge in [0.25, 0.3) is 5.91 Å². The van der Waals surface area contributed by atoms with E-state index in [1.54, 1.807) is 12.4 Å². The van der Waals surface area contributed by atoms with Crippen molar-refractivity contribution in [2.24, 2.45) is 0 Å². The topological polar surface area (TPSA) is 64.1 Å². The van der Waals surface area contributed by atoms with Gasteiger partial charge in [0.05, 0.1) is 5.56 Å². The maximum Gasteiger partial charge on any atom is 0.388 e. The van der Waals surface area contributed by atoms with E-state index in [1.165, 1.54) is 6.07 Å². The first kappa shape index (κ1) is 16.1. The van der Waals surface area contributed by atoms with E-state index in [4.69, 9.17) is 11.6 Å². The van der Waals surface area contributed by atoms with Gasteiger partial charge in [-0.15, -0.1) is 0 Å². The third-order valence-corrected chi connectivity index (χ3v) is 3.13. The first-order valence-corrected chi connectivity index (χ1v) is 6.63. The van der Waals surface area contributed by atoms with Crippen LogP contribution in [0.2, 0.25) is 5.02 Å². The fraction of sp³-hybridized carbons (Fsp3) is 0.214. The van der Waals surface area contributed by atoms with Crippen LogP contribution < -0.4 is 10.1 Å². The van der Waals surface area contributed by atoms with E-state index in [-0.39, 0.29) is 17.1 Å². The summed E-state index contributed by atoms with van der Waals surface area (Å²) >= 11 is 5.75. The maximum absolute atomic E-state index is 12.1. The van der Waals surface area contributed by atoms with E-state index in [9.17, 15) is 13.6 Å². The van der Waals surface area contributed by atoms with Crippen molar-refractivity contribution < 1.29 is 18.3 Å². The minimum Gasteiger partial charge on any atom is -0.415 e. The summed E-state index contributed by atoms with van der Waals surface area (Å²) in [6.07, 6.45) is 4.43. The molecule has 5 nitrogen and oxygen atoms in total. The molecule has 116 valence electrons. The van der Waals surface area contributed by atoms with E-state index in [0.717, 1.165) is 17.3 Å². The van der Waals surface area contributed by atoms with Crippen LogP contribution in [0.15, 0.2) is 30.7 Å². The summed E-state index contributed by atoms with van der Waals surface area (Å²) in [5.74, 6) is -0.849. The molecule has 1 amide bonds. The summed E-state index contributed by atoms with van der Waals surface area (Å²) < 4.78 is 28.3. The second kappa shape index (κ2) is 7.13. The van der Waals surface area contributed by atoms with Crippen molar-refractivity contribution in [1.82, 2.24) is 15.3 Å². The summed E-state index contributed by atoms with van der Waals surface area (Å²) in [5.41, 5.74) is 2.01. The van der Waals surface area contributed by atoms with Crippen molar-refractivity contribution >= 4 is 17.5 Å². The molecular weight excluding hydrogens is 316 g/mol. The van der Waals surface area contributed by atoms with Gasteiger partial charge in [-0.3, -0.25) is 9.78 Å². The van der Waals surface area contributed by atoms with Gasteiger partial charge in [0.1, 0.15) is 5.02 Å². The van der Waals surface area contributed by atoms with E-state index in [1.807, 2.05) is 13.0 Å². The molecule has 2 aromatic heterocycles. The number of carbonyl (C=O) groups excluding carboxylic acids is 1. The van der Waals surface area contributed by atoms with Crippen LogP contribution in [0.1, 0.15) is 21.5 Å². The quantitative estimate of drug-likeness (QED) is 0.917. The van der Waals surface area contributed by atoms with Gasteiger partial charge < -0.3 is 10.1 Å². The lowest BCUT2D eigenvalue weighted by Crippen LogP contribution is -2.23. The molecule has 0 saturated heterocycles. The highest BCUT2D eigenvalue weighted by Gasteiger charge is 2.14. The Morgan fingerprint density at radius 2 is 2.23 bits per heavy atom.